The molecule has 2 rings (SSSR count). The van der Waals surface area contributed by atoms with Gasteiger partial charge in [0, 0.05) is 18.6 Å². The van der Waals surface area contributed by atoms with Gasteiger partial charge in [0.15, 0.2) is 0 Å². The second-order valence-corrected chi connectivity index (χ2v) is 3.23. The Morgan fingerprint density at radius 3 is 2.76 bits per heavy atom. The fraction of sp³-hybridized carbons (Fsp3) is 0. The molecule has 0 aliphatic carbocycles. The van der Waals surface area contributed by atoms with Crippen molar-refractivity contribution < 1.29 is 4.79 Å². The van der Waals surface area contributed by atoms with E-state index in [0.29, 0.717) is 11.3 Å². The number of anilines is 1. The van der Waals surface area contributed by atoms with E-state index in [0.717, 1.165) is 0 Å². The first-order valence-electron chi connectivity index (χ1n) is 4.87. The maximum absolute atomic E-state index is 11.9. The van der Waals surface area contributed by atoms with Crippen LogP contribution < -0.4 is 5.32 Å². The minimum Gasteiger partial charge on any atom is -0.321 e. The zero-order chi connectivity index (χ0) is 12.1. The summed E-state index contributed by atoms with van der Waals surface area (Å²) in [6.07, 6.45) is 5.98. The van der Waals surface area contributed by atoms with Gasteiger partial charge < -0.3 is 5.32 Å². The van der Waals surface area contributed by atoms with E-state index in [-0.39, 0.29) is 11.5 Å². The lowest BCUT2D eigenvalue weighted by atomic mass is 10.1. The van der Waals surface area contributed by atoms with Gasteiger partial charge in [0.2, 0.25) is 0 Å². The van der Waals surface area contributed by atoms with Gasteiger partial charge in [0.25, 0.3) is 5.91 Å². The number of amides is 1. The van der Waals surface area contributed by atoms with Gasteiger partial charge in [0.1, 0.15) is 6.07 Å². The average molecular weight is 224 g/mol. The van der Waals surface area contributed by atoms with Crippen molar-refractivity contribution >= 4 is 11.6 Å². The van der Waals surface area contributed by atoms with Gasteiger partial charge in [-0.25, -0.2) is 0 Å². The highest BCUT2D eigenvalue weighted by atomic mass is 16.1. The topological polar surface area (TPSA) is 78.7 Å². The van der Waals surface area contributed by atoms with Crippen molar-refractivity contribution in [2.24, 2.45) is 0 Å². The second kappa shape index (κ2) is 4.86. The quantitative estimate of drug-likeness (QED) is 0.840. The van der Waals surface area contributed by atoms with Crippen molar-refractivity contribution in [2.45, 2.75) is 0 Å². The highest BCUT2D eigenvalue weighted by Gasteiger charge is 2.11. The highest BCUT2D eigenvalue weighted by Crippen LogP contribution is 2.09. The molecule has 1 N–H and O–H groups in total. The van der Waals surface area contributed by atoms with Gasteiger partial charge >= 0.3 is 0 Å². The van der Waals surface area contributed by atoms with E-state index in [9.17, 15) is 4.79 Å². The second-order valence-electron chi connectivity index (χ2n) is 3.23. The Morgan fingerprint density at radius 2 is 2.06 bits per heavy atom. The van der Waals surface area contributed by atoms with Crippen LogP contribution in [0.25, 0.3) is 0 Å². The van der Waals surface area contributed by atoms with Crippen LogP contribution in [0.1, 0.15) is 15.9 Å². The van der Waals surface area contributed by atoms with Crippen LogP contribution in [0.4, 0.5) is 5.69 Å². The fourth-order valence-corrected chi connectivity index (χ4v) is 1.31. The van der Waals surface area contributed by atoms with E-state index in [1.807, 2.05) is 6.07 Å². The monoisotopic (exact) mass is 224 g/mol. The largest absolute Gasteiger partial charge is 0.321 e. The van der Waals surface area contributed by atoms with Crippen LogP contribution in [0.2, 0.25) is 0 Å². The van der Waals surface area contributed by atoms with E-state index in [1.54, 1.807) is 18.3 Å². The lowest BCUT2D eigenvalue weighted by Gasteiger charge is -2.04. The predicted octanol–water partition coefficient (Wildman–Crippen LogP) is 1.60. The molecule has 17 heavy (non-hydrogen) atoms. The lowest BCUT2D eigenvalue weighted by molar-refractivity contribution is 0.102. The molecule has 2 heterocycles. The Morgan fingerprint density at radius 1 is 1.24 bits per heavy atom. The van der Waals surface area contributed by atoms with Gasteiger partial charge in [-0.05, 0) is 18.2 Å². The molecule has 0 aliphatic rings. The number of hydrogen-bond donors (Lipinski definition) is 1. The SMILES string of the molecule is N#Cc1ccncc1C(=O)Nc1cccnc1. The van der Waals surface area contributed by atoms with Crippen molar-refractivity contribution in [1.82, 2.24) is 9.97 Å². The molecule has 82 valence electrons. The zero-order valence-corrected chi connectivity index (χ0v) is 8.79. The van der Waals surface area contributed by atoms with E-state index < -0.39 is 0 Å². The lowest BCUT2D eigenvalue weighted by Crippen LogP contribution is -2.13. The number of rotatable bonds is 2. The van der Waals surface area contributed by atoms with Crippen molar-refractivity contribution in [3.8, 4) is 6.07 Å². The third kappa shape index (κ3) is 2.44. The van der Waals surface area contributed by atoms with E-state index in [2.05, 4.69) is 15.3 Å². The summed E-state index contributed by atoms with van der Waals surface area (Å²) in [6, 6.07) is 6.87. The summed E-state index contributed by atoms with van der Waals surface area (Å²) >= 11 is 0. The molecule has 5 nitrogen and oxygen atoms in total. The minimum atomic E-state index is -0.373. The molecule has 0 saturated heterocycles. The number of carbonyl (C=O) groups is 1. The van der Waals surface area contributed by atoms with Crippen molar-refractivity contribution in [2.75, 3.05) is 5.32 Å². The molecular weight excluding hydrogens is 216 g/mol. The van der Waals surface area contributed by atoms with Gasteiger partial charge in [0.05, 0.1) is 23.0 Å². The first kappa shape index (κ1) is 10.8. The fourth-order valence-electron chi connectivity index (χ4n) is 1.31. The number of nitrogens with zero attached hydrogens (tertiary/aromatic N) is 3. The van der Waals surface area contributed by atoms with Crippen molar-refractivity contribution in [1.29, 1.82) is 5.26 Å². The molecule has 2 aromatic rings. The summed E-state index contributed by atoms with van der Waals surface area (Å²) in [5, 5.41) is 11.5. The molecule has 0 spiro atoms. The molecule has 0 aliphatic heterocycles. The molecule has 5 heteroatoms. The minimum absolute atomic E-state index is 0.249. The van der Waals surface area contributed by atoms with E-state index in [1.165, 1.54) is 24.7 Å². The van der Waals surface area contributed by atoms with Gasteiger partial charge in [-0.15, -0.1) is 0 Å². The van der Waals surface area contributed by atoms with Crippen LogP contribution in [-0.2, 0) is 0 Å². The highest BCUT2D eigenvalue weighted by molar-refractivity contribution is 6.05. The Balaban J connectivity index is 2.24. The number of pyridine rings is 2. The van der Waals surface area contributed by atoms with Gasteiger partial charge in [-0.2, -0.15) is 5.26 Å². The summed E-state index contributed by atoms with van der Waals surface area (Å²) < 4.78 is 0. The summed E-state index contributed by atoms with van der Waals surface area (Å²) in [4.78, 5) is 19.6. The molecule has 0 bridgehead atoms. The Hall–Kier alpha value is -2.74. The van der Waals surface area contributed by atoms with Crippen LogP contribution in [-0.4, -0.2) is 15.9 Å². The van der Waals surface area contributed by atoms with Crippen molar-refractivity contribution in [3.05, 3.63) is 54.1 Å². The van der Waals surface area contributed by atoms with Crippen LogP contribution >= 0.6 is 0 Å². The summed E-state index contributed by atoms with van der Waals surface area (Å²) in [5.41, 5.74) is 1.12. The molecule has 2 aromatic heterocycles. The molecular formula is C12H8N4O. The van der Waals surface area contributed by atoms with E-state index in [4.69, 9.17) is 5.26 Å². The van der Waals surface area contributed by atoms with Crippen molar-refractivity contribution in [3.63, 3.8) is 0 Å². The molecule has 0 atom stereocenters. The first-order chi connectivity index (χ1) is 8.31. The third-order valence-electron chi connectivity index (χ3n) is 2.11. The van der Waals surface area contributed by atoms with Gasteiger partial charge in [-0.3, -0.25) is 14.8 Å². The molecule has 0 unspecified atom stereocenters. The van der Waals surface area contributed by atoms with Gasteiger partial charge in [-0.1, -0.05) is 0 Å². The number of carbonyl (C=O) groups excluding carboxylic acids is 1. The Bertz CT molecular complexity index is 575. The normalized spacial score (nSPS) is 9.35. The zero-order valence-electron chi connectivity index (χ0n) is 8.79. The summed E-state index contributed by atoms with van der Waals surface area (Å²) in [5.74, 6) is -0.373. The van der Waals surface area contributed by atoms with E-state index >= 15 is 0 Å². The predicted molar refractivity (Wildman–Crippen MR) is 61.1 cm³/mol. The summed E-state index contributed by atoms with van der Waals surface area (Å²) in [7, 11) is 0. The Labute approximate surface area is 97.8 Å². The smallest absolute Gasteiger partial charge is 0.258 e. The number of hydrogen-bond acceptors (Lipinski definition) is 4. The number of nitriles is 1. The first-order valence-corrected chi connectivity index (χ1v) is 4.87. The van der Waals surface area contributed by atoms with Crippen LogP contribution in [0.15, 0.2) is 43.0 Å². The van der Waals surface area contributed by atoms with Crippen LogP contribution in [0, 0.1) is 11.3 Å². The number of aromatic nitrogens is 2. The average Bonchev–Trinajstić information content (AvgIpc) is 2.40. The third-order valence-corrected chi connectivity index (χ3v) is 2.11. The maximum atomic E-state index is 11.9. The molecule has 0 fully saturated rings. The molecule has 0 aromatic carbocycles. The number of nitrogens with one attached hydrogen (secondary N) is 1. The molecule has 0 radical (unpaired) electrons. The van der Waals surface area contributed by atoms with Crippen LogP contribution in [0.5, 0.6) is 0 Å². The molecule has 0 saturated carbocycles. The van der Waals surface area contributed by atoms with Crippen LogP contribution in [0.3, 0.4) is 0 Å². The summed E-state index contributed by atoms with van der Waals surface area (Å²) in [6.45, 7) is 0. The molecule has 1 amide bonds. The Kier molecular flexibility index (Phi) is 3.08. The standard InChI is InChI=1S/C12H8N4O/c13-6-9-3-5-15-8-11(9)12(17)16-10-2-1-4-14-7-10/h1-5,7-8H,(H,16,17). The maximum Gasteiger partial charge on any atom is 0.258 e.